The van der Waals surface area contributed by atoms with Crippen LogP contribution in [0.1, 0.15) is 28.7 Å². The van der Waals surface area contributed by atoms with Gasteiger partial charge in [0.25, 0.3) is 0 Å². The van der Waals surface area contributed by atoms with Gasteiger partial charge in [0.2, 0.25) is 0 Å². The van der Waals surface area contributed by atoms with Crippen LogP contribution in [0.3, 0.4) is 0 Å². The van der Waals surface area contributed by atoms with Gasteiger partial charge >= 0.3 is 0 Å². The van der Waals surface area contributed by atoms with E-state index in [0.717, 1.165) is 16.9 Å². The van der Waals surface area contributed by atoms with Gasteiger partial charge in [-0.05, 0) is 31.5 Å². The number of pyridine rings is 1. The van der Waals surface area contributed by atoms with Crippen LogP contribution in [0.2, 0.25) is 0 Å². The number of nitrogens with zero attached hydrogens (tertiary/aromatic N) is 2. The number of Topliss-reactive ketones (excluding diaryl/α,β-unsaturated/α-hetero) is 1. The molecule has 2 aromatic rings. The molecule has 3 nitrogen and oxygen atoms in total. The van der Waals surface area contributed by atoms with Crippen LogP contribution in [0.4, 0.5) is 0 Å². The van der Waals surface area contributed by atoms with E-state index in [4.69, 9.17) is 0 Å². The van der Waals surface area contributed by atoms with Gasteiger partial charge in [0.05, 0.1) is 5.69 Å². The molecular formula is C11H13ClN2O. The number of aryl methyl sites for hydroxylation is 2. The van der Waals surface area contributed by atoms with Crippen molar-refractivity contribution in [1.29, 1.82) is 0 Å². The van der Waals surface area contributed by atoms with Gasteiger partial charge < -0.3 is 4.40 Å². The molecule has 0 N–H and O–H groups in total. The number of ketones is 1. The van der Waals surface area contributed by atoms with Crippen molar-refractivity contribution in [2.24, 2.45) is 0 Å². The minimum absolute atomic E-state index is 0. The van der Waals surface area contributed by atoms with Crippen molar-refractivity contribution in [3.05, 3.63) is 35.3 Å². The van der Waals surface area contributed by atoms with Gasteiger partial charge in [-0.15, -0.1) is 12.4 Å². The Morgan fingerprint density at radius 2 is 2.07 bits per heavy atom. The standard InChI is InChI=1S/C11H12N2O.ClH/c1-7-4-5-13-8(2)11(9(3)14)12-10(13)6-7;/h4-6H,1-3H3;1H. The van der Waals surface area contributed by atoms with E-state index in [9.17, 15) is 4.79 Å². The highest BCUT2D eigenvalue weighted by atomic mass is 35.5. The molecule has 0 radical (unpaired) electrons. The maximum Gasteiger partial charge on any atom is 0.179 e. The van der Waals surface area contributed by atoms with Gasteiger partial charge in [-0.1, -0.05) is 0 Å². The number of aromatic nitrogens is 2. The summed E-state index contributed by atoms with van der Waals surface area (Å²) in [6.07, 6.45) is 1.94. The number of hydrogen-bond donors (Lipinski definition) is 0. The molecule has 0 bridgehead atoms. The first-order valence-corrected chi connectivity index (χ1v) is 4.56. The van der Waals surface area contributed by atoms with E-state index in [-0.39, 0.29) is 18.2 Å². The van der Waals surface area contributed by atoms with Crippen LogP contribution in [-0.4, -0.2) is 15.2 Å². The molecule has 15 heavy (non-hydrogen) atoms. The Morgan fingerprint density at radius 3 is 2.67 bits per heavy atom. The SMILES string of the molecule is CC(=O)c1nc2cc(C)ccn2c1C.Cl. The molecular weight excluding hydrogens is 212 g/mol. The van der Waals surface area contributed by atoms with E-state index >= 15 is 0 Å². The zero-order valence-electron chi connectivity index (χ0n) is 8.94. The highest BCUT2D eigenvalue weighted by Crippen LogP contribution is 2.13. The van der Waals surface area contributed by atoms with E-state index in [0.29, 0.717) is 5.69 Å². The third-order valence-electron chi connectivity index (χ3n) is 2.35. The summed E-state index contributed by atoms with van der Waals surface area (Å²) in [4.78, 5) is 15.5. The number of rotatable bonds is 1. The summed E-state index contributed by atoms with van der Waals surface area (Å²) in [6.45, 7) is 5.46. The van der Waals surface area contributed by atoms with Crippen LogP contribution in [0.5, 0.6) is 0 Å². The van der Waals surface area contributed by atoms with Gasteiger partial charge in [0, 0.05) is 13.1 Å². The smallest absolute Gasteiger partial charge is 0.179 e. The third-order valence-corrected chi connectivity index (χ3v) is 2.35. The van der Waals surface area contributed by atoms with Crippen molar-refractivity contribution in [1.82, 2.24) is 9.38 Å². The first-order chi connectivity index (χ1) is 6.59. The van der Waals surface area contributed by atoms with Gasteiger partial charge in [0.15, 0.2) is 5.78 Å². The van der Waals surface area contributed by atoms with Gasteiger partial charge in [-0.2, -0.15) is 0 Å². The van der Waals surface area contributed by atoms with Crippen LogP contribution >= 0.6 is 12.4 Å². The largest absolute Gasteiger partial charge is 0.304 e. The molecule has 0 saturated carbocycles. The fourth-order valence-corrected chi connectivity index (χ4v) is 1.60. The Labute approximate surface area is 94.5 Å². The molecule has 0 fully saturated rings. The van der Waals surface area contributed by atoms with Crippen LogP contribution in [0, 0.1) is 13.8 Å². The van der Waals surface area contributed by atoms with E-state index in [1.54, 1.807) is 6.92 Å². The molecule has 0 aliphatic heterocycles. The number of fused-ring (bicyclic) bond motifs is 1. The summed E-state index contributed by atoms with van der Waals surface area (Å²) in [5, 5.41) is 0. The maximum absolute atomic E-state index is 11.2. The van der Waals surface area contributed by atoms with Crippen LogP contribution < -0.4 is 0 Å². The second-order valence-corrected chi connectivity index (χ2v) is 3.53. The topological polar surface area (TPSA) is 34.4 Å². The highest BCUT2D eigenvalue weighted by Gasteiger charge is 2.11. The lowest BCUT2D eigenvalue weighted by molar-refractivity contribution is 0.101. The zero-order valence-corrected chi connectivity index (χ0v) is 9.76. The normalized spacial score (nSPS) is 10.1. The summed E-state index contributed by atoms with van der Waals surface area (Å²) in [6, 6.07) is 3.98. The molecule has 0 amide bonds. The third kappa shape index (κ3) is 1.88. The fourth-order valence-electron chi connectivity index (χ4n) is 1.60. The van der Waals surface area contributed by atoms with E-state index in [1.165, 1.54) is 0 Å². The molecule has 0 aliphatic rings. The average Bonchev–Trinajstić information content (AvgIpc) is 2.43. The van der Waals surface area contributed by atoms with Crippen molar-refractivity contribution >= 4 is 23.8 Å². The second kappa shape index (κ2) is 4.03. The van der Waals surface area contributed by atoms with Gasteiger partial charge in [-0.3, -0.25) is 4.79 Å². The monoisotopic (exact) mass is 224 g/mol. The summed E-state index contributed by atoms with van der Waals surface area (Å²) in [5.41, 5.74) is 3.47. The molecule has 2 aromatic heterocycles. The van der Waals surface area contributed by atoms with E-state index < -0.39 is 0 Å². The lowest BCUT2D eigenvalue weighted by Crippen LogP contribution is -1.95. The van der Waals surface area contributed by atoms with Crippen LogP contribution in [0.15, 0.2) is 18.3 Å². The molecule has 2 heterocycles. The summed E-state index contributed by atoms with van der Waals surface area (Å²) >= 11 is 0. The molecule has 0 spiro atoms. The average molecular weight is 225 g/mol. The lowest BCUT2D eigenvalue weighted by atomic mass is 10.2. The van der Waals surface area contributed by atoms with Gasteiger partial charge in [-0.25, -0.2) is 4.98 Å². The summed E-state index contributed by atoms with van der Waals surface area (Å²) in [5.74, 6) is 0.0175. The number of carbonyl (C=O) groups is 1. The van der Waals surface area contributed by atoms with Gasteiger partial charge in [0.1, 0.15) is 11.3 Å². The molecule has 80 valence electrons. The zero-order chi connectivity index (χ0) is 10.3. The molecule has 0 saturated heterocycles. The molecule has 0 atom stereocenters. The Kier molecular flexibility index (Phi) is 3.15. The molecule has 0 unspecified atom stereocenters. The molecule has 4 heteroatoms. The van der Waals surface area contributed by atoms with Crippen molar-refractivity contribution in [3.8, 4) is 0 Å². The summed E-state index contributed by atoms with van der Waals surface area (Å²) in [7, 11) is 0. The van der Waals surface area contributed by atoms with Crippen LogP contribution in [0.25, 0.3) is 5.65 Å². The minimum atomic E-state index is 0. The number of hydrogen-bond acceptors (Lipinski definition) is 2. The Hall–Kier alpha value is -1.35. The second-order valence-electron chi connectivity index (χ2n) is 3.53. The van der Waals surface area contributed by atoms with Crippen molar-refractivity contribution in [3.63, 3.8) is 0 Å². The van der Waals surface area contributed by atoms with Crippen LogP contribution in [-0.2, 0) is 0 Å². The van der Waals surface area contributed by atoms with E-state index in [2.05, 4.69) is 4.98 Å². The van der Waals surface area contributed by atoms with Crippen molar-refractivity contribution < 1.29 is 4.79 Å². The maximum atomic E-state index is 11.2. The van der Waals surface area contributed by atoms with Crippen molar-refractivity contribution in [2.75, 3.05) is 0 Å². The molecule has 0 aromatic carbocycles. The highest BCUT2D eigenvalue weighted by molar-refractivity contribution is 5.94. The number of carbonyl (C=O) groups excluding carboxylic acids is 1. The summed E-state index contributed by atoms with van der Waals surface area (Å²) < 4.78 is 1.93. The quantitative estimate of drug-likeness (QED) is 0.698. The van der Waals surface area contributed by atoms with E-state index in [1.807, 2.05) is 36.6 Å². The Morgan fingerprint density at radius 1 is 1.40 bits per heavy atom. The predicted octanol–water partition coefficient (Wildman–Crippen LogP) is 2.58. The molecule has 0 aliphatic carbocycles. The fraction of sp³-hybridized carbons (Fsp3) is 0.273. The van der Waals surface area contributed by atoms with Crippen molar-refractivity contribution in [2.45, 2.75) is 20.8 Å². The first kappa shape index (κ1) is 11.7. The molecule has 2 rings (SSSR count). The lowest BCUT2D eigenvalue weighted by Gasteiger charge is -1.96. The predicted molar refractivity (Wildman–Crippen MR) is 61.9 cm³/mol. The Balaban J connectivity index is 0.00000112. The first-order valence-electron chi connectivity index (χ1n) is 4.56. The minimum Gasteiger partial charge on any atom is -0.304 e. The number of imidazole rings is 1. The Bertz CT molecular complexity index is 517. The number of halogens is 1.